The highest BCUT2D eigenvalue weighted by Gasteiger charge is 2.18. The lowest BCUT2D eigenvalue weighted by Crippen LogP contribution is -2.33. The number of benzene rings is 2. The minimum Gasteiger partial charge on any atom is -0.324 e. The topological polar surface area (TPSA) is 64.0 Å². The lowest BCUT2D eigenvalue weighted by Gasteiger charge is -2.15. The standard InChI is InChI=1S/C18H17N3O2/c1-12-10-11-17(22)21(20-12)13(2)18(23)19-16-9-5-7-14-6-3-4-8-15(14)16/h3-11,13H,1-2H3,(H,19,23). The van der Waals surface area contributed by atoms with E-state index < -0.39 is 6.04 Å². The van der Waals surface area contributed by atoms with Crippen LogP contribution in [0.15, 0.2) is 59.4 Å². The Bertz CT molecular complexity index is 925. The number of anilines is 1. The van der Waals surface area contributed by atoms with Crippen LogP contribution >= 0.6 is 0 Å². The van der Waals surface area contributed by atoms with Gasteiger partial charge in [0, 0.05) is 17.1 Å². The van der Waals surface area contributed by atoms with Crippen LogP contribution in [0.25, 0.3) is 10.8 Å². The Labute approximate surface area is 133 Å². The average molecular weight is 307 g/mol. The highest BCUT2D eigenvalue weighted by atomic mass is 16.2. The van der Waals surface area contributed by atoms with Crippen LogP contribution in [0.3, 0.4) is 0 Å². The zero-order valence-corrected chi connectivity index (χ0v) is 13.0. The molecule has 3 rings (SSSR count). The molecule has 2 aromatic carbocycles. The van der Waals surface area contributed by atoms with Crippen molar-refractivity contribution < 1.29 is 4.79 Å². The van der Waals surface area contributed by atoms with E-state index in [1.165, 1.54) is 10.7 Å². The summed E-state index contributed by atoms with van der Waals surface area (Å²) in [7, 11) is 0. The van der Waals surface area contributed by atoms with Crippen molar-refractivity contribution in [3.63, 3.8) is 0 Å². The summed E-state index contributed by atoms with van der Waals surface area (Å²) in [6.45, 7) is 3.44. The first-order valence-electron chi connectivity index (χ1n) is 7.41. The van der Waals surface area contributed by atoms with Crippen molar-refractivity contribution >= 4 is 22.4 Å². The number of rotatable bonds is 3. The number of carbonyl (C=O) groups is 1. The minimum atomic E-state index is -0.693. The van der Waals surface area contributed by atoms with Gasteiger partial charge < -0.3 is 5.32 Å². The highest BCUT2D eigenvalue weighted by molar-refractivity contribution is 6.03. The maximum Gasteiger partial charge on any atom is 0.267 e. The molecule has 1 N–H and O–H groups in total. The van der Waals surface area contributed by atoms with Gasteiger partial charge in [0.05, 0.1) is 5.69 Å². The summed E-state index contributed by atoms with van der Waals surface area (Å²) in [5.41, 5.74) is 1.12. The van der Waals surface area contributed by atoms with E-state index in [2.05, 4.69) is 10.4 Å². The molecule has 1 amide bonds. The van der Waals surface area contributed by atoms with E-state index in [1.807, 2.05) is 42.5 Å². The van der Waals surface area contributed by atoms with Crippen LogP contribution in [0.5, 0.6) is 0 Å². The summed E-state index contributed by atoms with van der Waals surface area (Å²) >= 11 is 0. The largest absolute Gasteiger partial charge is 0.324 e. The molecule has 23 heavy (non-hydrogen) atoms. The molecule has 1 unspecified atom stereocenters. The van der Waals surface area contributed by atoms with Crippen LogP contribution < -0.4 is 10.9 Å². The third-order valence-electron chi connectivity index (χ3n) is 3.75. The second-order valence-electron chi connectivity index (χ2n) is 5.45. The van der Waals surface area contributed by atoms with Crippen LogP contribution in [0.2, 0.25) is 0 Å². The van der Waals surface area contributed by atoms with Crippen LogP contribution in [-0.4, -0.2) is 15.7 Å². The molecular weight excluding hydrogens is 290 g/mol. The molecule has 0 aliphatic carbocycles. The molecule has 0 spiro atoms. The Balaban J connectivity index is 1.91. The van der Waals surface area contributed by atoms with Gasteiger partial charge >= 0.3 is 0 Å². The van der Waals surface area contributed by atoms with E-state index >= 15 is 0 Å². The van der Waals surface area contributed by atoms with Crippen LogP contribution in [-0.2, 0) is 4.79 Å². The van der Waals surface area contributed by atoms with Gasteiger partial charge in [-0.3, -0.25) is 9.59 Å². The Morgan fingerprint density at radius 3 is 2.65 bits per heavy atom. The summed E-state index contributed by atoms with van der Waals surface area (Å²) in [5.74, 6) is -0.276. The Hall–Kier alpha value is -2.95. The quantitative estimate of drug-likeness (QED) is 0.809. The van der Waals surface area contributed by atoms with Gasteiger partial charge in [-0.15, -0.1) is 0 Å². The van der Waals surface area contributed by atoms with Crippen molar-refractivity contribution in [1.82, 2.24) is 9.78 Å². The number of carbonyl (C=O) groups excluding carboxylic acids is 1. The lowest BCUT2D eigenvalue weighted by molar-refractivity contribution is -0.119. The third-order valence-corrected chi connectivity index (χ3v) is 3.75. The Kier molecular flexibility index (Phi) is 3.93. The van der Waals surface area contributed by atoms with Crippen molar-refractivity contribution in [3.05, 3.63) is 70.6 Å². The number of aromatic nitrogens is 2. The smallest absolute Gasteiger partial charge is 0.267 e. The van der Waals surface area contributed by atoms with Gasteiger partial charge in [-0.05, 0) is 31.4 Å². The molecule has 5 heteroatoms. The maximum atomic E-state index is 12.5. The van der Waals surface area contributed by atoms with E-state index in [9.17, 15) is 9.59 Å². The molecule has 1 heterocycles. The minimum absolute atomic E-state index is 0.276. The number of amides is 1. The van der Waals surface area contributed by atoms with Crippen LogP contribution in [0.1, 0.15) is 18.7 Å². The molecule has 0 aliphatic rings. The van der Waals surface area contributed by atoms with E-state index in [-0.39, 0.29) is 11.5 Å². The molecule has 0 radical (unpaired) electrons. The van der Waals surface area contributed by atoms with Crippen molar-refractivity contribution in [2.45, 2.75) is 19.9 Å². The van der Waals surface area contributed by atoms with Gasteiger partial charge in [-0.1, -0.05) is 36.4 Å². The predicted octanol–water partition coefficient (Wildman–Crippen LogP) is 2.90. The second kappa shape index (κ2) is 6.04. The SMILES string of the molecule is Cc1ccc(=O)n(C(C)C(=O)Nc2cccc3ccccc23)n1. The molecule has 1 aromatic heterocycles. The van der Waals surface area contributed by atoms with Gasteiger partial charge in [-0.25, -0.2) is 4.68 Å². The van der Waals surface area contributed by atoms with E-state index in [0.717, 1.165) is 16.5 Å². The summed E-state index contributed by atoms with van der Waals surface area (Å²) < 4.78 is 1.20. The lowest BCUT2D eigenvalue weighted by atomic mass is 10.1. The number of aryl methyl sites for hydroxylation is 1. The zero-order valence-electron chi connectivity index (χ0n) is 13.0. The van der Waals surface area contributed by atoms with Crippen LogP contribution in [0.4, 0.5) is 5.69 Å². The first kappa shape index (κ1) is 15.0. The number of hydrogen-bond donors (Lipinski definition) is 1. The van der Waals surface area contributed by atoms with Gasteiger partial charge in [0.25, 0.3) is 5.56 Å². The molecule has 116 valence electrons. The summed E-state index contributed by atoms with van der Waals surface area (Å²) in [6, 6.07) is 15.9. The normalized spacial score (nSPS) is 12.1. The zero-order chi connectivity index (χ0) is 16.4. The number of nitrogens with one attached hydrogen (secondary N) is 1. The molecule has 0 fully saturated rings. The number of nitrogens with zero attached hydrogens (tertiary/aromatic N) is 2. The molecule has 0 aliphatic heterocycles. The first-order valence-corrected chi connectivity index (χ1v) is 7.41. The maximum absolute atomic E-state index is 12.5. The van der Waals surface area contributed by atoms with Crippen molar-refractivity contribution in [2.24, 2.45) is 0 Å². The molecule has 0 saturated carbocycles. The molecule has 1 atom stereocenters. The number of fused-ring (bicyclic) bond motifs is 1. The first-order chi connectivity index (χ1) is 11.1. The van der Waals surface area contributed by atoms with Crippen molar-refractivity contribution in [3.8, 4) is 0 Å². The van der Waals surface area contributed by atoms with Crippen molar-refractivity contribution in [1.29, 1.82) is 0 Å². The van der Waals surface area contributed by atoms with Gasteiger partial charge in [0.15, 0.2) is 0 Å². The van der Waals surface area contributed by atoms with Gasteiger partial charge in [-0.2, -0.15) is 5.10 Å². The van der Waals surface area contributed by atoms with E-state index in [0.29, 0.717) is 5.69 Å². The average Bonchev–Trinajstić information content (AvgIpc) is 2.56. The fraction of sp³-hybridized carbons (Fsp3) is 0.167. The number of hydrogen-bond acceptors (Lipinski definition) is 3. The molecule has 3 aromatic rings. The molecule has 0 saturated heterocycles. The molecular formula is C18H17N3O2. The van der Waals surface area contributed by atoms with E-state index in [1.54, 1.807) is 19.9 Å². The van der Waals surface area contributed by atoms with Crippen molar-refractivity contribution in [2.75, 3.05) is 5.32 Å². The Morgan fingerprint density at radius 2 is 1.83 bits per heavy atom. The fourth-order valence-electron chi connectivity index (χ4n) is 2.48. The third kappa shape index (κ3) is 2.99. The monoisotopic (exact) mass is 307 g/mol. The Morgan fingerprint density at radius 1 is 1.09 bits per heavy atom. The van der Waals surface area contributed by atoms with E-state index in [4.69, 9.17) is 0 Å². The molecule has 0 bridgehead atoms. The summed E-state index contributed by atoms with van der Waals surface area (Å²) in [5, 5.41) is 9.04. The summed E-state index contributed by atoms with van der Waals surface area (Å²) in [6.07, 6.45) is 0. The predicted molar refractivity (Wildman–Crippen MR) is 90.5 cm³/mol. The molecule has 5 nitrogen and oxygen atoms in total. The fourth-order valence-corrected chi connectivity index (χ4v) is 2.48. The summed E-state index contributed by atoms with van der Waals surface area (Å²) in [4.78, 5) is 24.4. The van der Waals surface area contributed by atoms with Gasteiger partial charge in [0.2, 0.25) is 5.91 Å². The highest BCUT2D eigenvalue weighted by Crippen LogP contribution is 2.23. The van der Waals surface area contributed by atoms with Gasteiger partial charge in [0.1, 0.15) is 6.04 Å². The van der Waals surface area contributed by atoms with Crippen LogP contribution in [0, 0.1) is 6.92 Å². The second-order valence-corrected chi connectivity index (χ2v) is 5.45.